The topological polar surface area (TPSA) is 26.2 Å². The van der Waals surface area contributed by atoms with Crippen LogP contribution in [0.15, 0.2) is 156 Å². The number of nitrogens with zero attached hydrogens (tertiary/aromatic N) is 3. The fourth-order valence-corrected chi connectivity index (χ4v) is 7.90. The Morgan fingerprint density at radius 2 is 1.00 bits per heavy atom. The predicted octanol–water partition coefficient (Wildman–Crippen LogP) is 11.6. The molecule has 214 valence electrons. The first-order valence-electron chi connectivity index (χ1n) is 15.7. The molecule has 46 heavy (non-hydrogen) atoms. The van der Waals surface area contributed by atoms with Gasteiger partial charge in [-0.2, -0.15) is 0 Å². The van der Waals surface area contributed by atoms with E-state index in [4.69, 9.17) is 4.42 Å². The third kappa shape index (κ3) is 3.03. The minimum absolute atomic E-state index is 0.906. The molecule has 0 fully saturated rings. The standard InChI is InChI=1S/C42H25N3O/c1-2-11-26(12-3-1)43-35-17-7-8-18-36(35)45-39-24-31-28-13-4-6-16-34(28)44(38(31)25-32(39)30-15-10-19-37(43)42(30)45)27-21-22-41-33(23-27)29-14-5-9-20-40(29)46-41/h1-25H. The van der Waals surface area contributed by atoms with Gasteiger partial charge in [0.05, 0.1) is 39.1 Å². The van der Waals surface area contributed by atoms with Crippen molar-refractivity contribution in [2.75, 3.05) is 4.90 Å². The van der Waals surface area contributed by atoms with Crippen LogP contribution in [-0.4, -0.2) is 9.13 Å². The van der Waals surface area contributed by atoms with Crippen molar-refractivity contribution in [2.24, 2.45) is 0 Å². The van der Waals surface area contributed by atoms with E-state index in [9.17, 15) is 0 Å². The van der Waals surface area contributed by atoms with E-state index in [1.807, 2.05) is 12.1 Å². The molecule has 4 nitrogen and oxygen atoms in total. The van der Waals surface area contributed by atoms with Gasteiger partial charge in [0.1, 0.15) is 11.2 Å². The maximum atomic E-state index is 6.19. The third-order valence-electron chi connectivity index (χ3n) is 9.80. The second-order valence-corrected chi connectivity index (χ2v) is 12.2. The van der Waals surface area contributed by atoms with Crippen molar-refractivity contribution in [3.8, 4) is 11.4 Å². The number of fused-ring (bicyclic) bond motifs is 11. The van der Waals surface area contributed by atoms with E-state index in [-0.39, 0.29) is 0 Å². The Kier molecular flexibility index (Phi) is 4.55. The molecule has 0 amide bonds. The monoisotopic (exact) mass is 587 g/mol. The molecule has 11 rings (SSSR count). The molecule has 0 spiro atoms. The second kappa shape index (κ2) is 8.68. The number of hydrogen-bond acceptors (Lipinski definition) is 2. The Morgan fingerprint density at radius 1 is 0.348 bits per heavy atom. The number of furan rings is 1. The predicted molar refractivity (Wildman–Crippen MR) is 191 cm³/mol. The Bertz CT molecular complexity index is 2870. The number of para-hydroxylation sites is 6. The van der Waals surface area contributed by atoms with Gasteiger partial charge >= 0.3 is 0 Å². The van der Waals surface area contributed by atoms with Crippen LogP contribution in [0.2, 0.25) is 0 Å². The first-order chi connectivity index (χ1) is 22.8. The summed E-state index contributed by atoms with van der Waals surface area (Å²) in [5, 5.41) is 7.24. The fourth-order valence-electron chi connectivity index (χ4n) is 7.90. The molecule has 0 N–H and O–H groups in total. The van der Waals surface area contributed by atoms with Crippen LogP contribution >= 0.6 is 0 Å². The maximum absolute atomic E-state index is 6.19. The molecule has 0 aliphatic carbocycles. The van der Waals surface area contributed by atoms with Gasteiger partial charge in [0, 0.05) is 43.7 Å². The summed E-state index contributed by atoms with van der Waals surface area (Å²) in [7, 11) is 0. The van der Waals surface area contributed by atoms with Crippen LogP contribution < -0.4 is 4.90 Å². The van der Waals surface area contributed by atoms with E-state index >= 15 is 0 Å². The van der Waals surface area contributed by atoms with Crippen LogP contribution in [0, 0.1) is 0 Å². The van der Waals surface area contributed by atoms with Gasteiger partial charge in [-0.3, -0.25) is 0 Å². The molecule has 3 aromatic heterocycles. The van der Waals surface area contributed by atoms with Gasteiger partial charge in [-0.15, -0.1) is 0 Å². The summed E-state index contributed by atoms with van der Waals surface area (Å²) in [6.07, 6.45) is 0. The van der Waals surface area contributed by atoms with E-state index in [0.29, 0.717) is 0 Å². The van der Waals surface area contributed by atoms with Gasteiger partial charge in [-0.25, -0.2) is 0 Å². The maximum Gasteiger partial charge on any atom is 0.135 e. The lowest BCUT2D eigenvalue weighted by molar-refractivity contribution is 0.669. The lowest BCUT2D eigenvalue weighted by Crippen LogP contribution is -2.17. The highest BCUT2D eigenvalue weighted by molar-refractivity contribution is 6.22. The average Bonchev–Trinajstić information content (AvgIpc) is 3.76. The van der Waals surface area contributed by atoms with E-state index in [1.165, 1.54) is 60.7 Å². The van der Waals surface area contributed by atoms with Crippen LogP contribution in [0.1, 0.15) is 0 Å². The summed E-state index contributed by atoms with van der Waals surface area (Å²) in [6, 6.07) is 54.6. The van der Waals surface area contributed by atoms with Gasteiger partial charge in [-0.1, -0.05) is 78.9 Å². The van der Waals surface area contributed by atoms with E-state index in [1.54, 1.807) is 0 Å². The van der Waals surface area contributed by atoms with Crippen molar-refractivity contribution >= 4 is 82.6 Å². The molecule has 0 saturated carbocycles. The zero-order chi connectivity index (χ0) is 29.9. The summed E-state index contributed by atoms with van der Waals surface area (Å²) in [5.74, 6) is 0. The molecule has 4 heterocycles. The molecular weight excluding hydrogens is 562 g/mol. The normalized spacial score (nSPS) is 12.7. The number of benzene rings is 7. The number of aromatic nitrogens is 2. The van der Waals surface area contributed by atoms with Crippen molar-refractivity contribution in [3.63, 3.8) is 0 Å². The van der Waals surface area contributed by atoms with Crippen molar-refractivity contribution in [3.05, 3.63) is 152 Å². The Morgan fingerprint density at radius 3 is 1.89 bits per heavy atom. The molecule has 0 atom stereocenters. The van der Waals surface area contributed by atoms with Crippen molar-refractivity contribution in [1.82, 2.24) is 9.13 Å². The average molecular weight is 588 g/mol. The lowest BCUT2D eigenvalue weighted by atomic mass is 10.1. The zero-order valence-corrected chi connectivity index (χ0v) is 24.7. The van der Waals surface area contributed by atoms with Crippen molar-refractivity contribution < 1.29 is 4.42 Å². The Balaban J connectivity index is 1.27. The van der Waals surface area contributed by atoms with Crippen LogP contribution in [0.4, 0.5) is 17.1 Å². The quantitative estimate of drug-likeness (QED) is 0.201. The first-order valence-corrected chi connectivity index (χ1v) is 15.7. The molecule has 4 heteroatoms. The highest BCUT2D eigenvalue weighted by atomic mass is 16.3. The molecule has 1 aliphatic rings. The molecule has 1 aliphatic heterocycles. The van der Waals surface area contributed by atoms with Gasteiger partial charge < -0.3 is 18.5 Å². The fraction of sp³-hybridized carbons (Fsp3) is 0. The molecule has 7 aromatic carbocycles. The Labute approximate surface area is 263 Å². The van der Waals surface area contributed by atoms with Crippen molar-refractivity contribution in [1.29, 1.82) is 0 Å². The van der Waals surface area contributed by atoms with Gasteiger partial charge in [0.15, 0.2) is 0 Å². The van der Waals surface area contributed by atoms with Crippen molar-refractivity contribution in [2.45, 2.75) is 0 Å². The molecular formula is C42H25N3O. The minimum Gasteiger partial charge on any atom is -0.456 e. The van der Waals surface area contributed by atoms with Gasteiger partial charge in [0.2, 0.25) is 0 Å². The van der Waals surface area contributed by atoms with Crippen LogP contribution in [0.5, 0.6) is 0 Å². The largest absolute Gasteiger partial charge is 0.456 e. The second-order valence-electron chi connectivity index (χ2n) is 12.2. The van der Waals surface area contributed by atoms with Gasteiger partial charge in [0.25, 0.3) is 0 Å². The number of hydrogen-bond donors (Lipinski definition) is 0. The van der Waals surface area contributed by atoms with E-state index < -0.39 is 0 Å². The van der Waals surface area contributed by atoms with Crippen LogP contribution in [-0.2, 0) is 0 Å². The number of anilines is 3. The third-order valence-corrected chi connectivity index (χ3v) is 9.80. The van der Waals surface area contributed by atoms with Gasteiger partial charge in [-0.05, 0) is 72.8 Å². The van der Waals surface area contributed by atoms with E-state index in [0.717, 1.165) is 33.3 Å². The Hall–Kier alpha value is -6.26. The highest BCUT2D eigenvalue weighted by Gasteiger charge is 2.29. The summed E-state index contributed by atoms with van der Waals surface area (Å²) >= 11 is 0. The molecule has 0 bridgehead atoms. The lowest BCUT2D eigenvalue weighted by Gasteiger charge is -2.33. The molecule has 0 radical (unpaired) electrons. The summed E-state index contributed by atoms with van der Waals surface area (Å²) < 4.78 is 11.1. The van der Waals surface area contributed by atoms with E-state index in [2.05, 4.69) is 154 Å². The summed E-state index contributed by atoms with van der Waals surface area (Å²) in [6.45, 7) is 0. The SMILES string of the molecule is c1ccc(N2c3ccccc3-n3c4cc5c6ccccc6n(-c6ccc7oc8ccccc8c7c6)c5cc4c4cccc2c43)cc1. The summed E-state index contributed by atoms with van der Waals surface area (Å²) in [5.41, 5.74) is 12.5. The first kappa shape index (κ1) is 24.1. The highest BCUT2D eigenvalue weighted by Crippen LogP contribution is 2.50. The van der Waals surface area contributed by atoms with Crippen LogP contribution in [0.25, 0.3) is 76.9 Å². The number of rotatable bonds is 2. The zero-order valence-electron chi connectivity index (χ0n) is 24.7. The molecule has 0 unspecified atom stereocenters. The summed E-state index contributed by atoms with van der Waals surface area (Å²) in [4.78, 5) is 2.40. The van der Waals surface area contributed by atoms with Crippen LogP contribution in [0.3, 0.4) is 0 Å². The molecule has 0 saturated heterocycles. The molecule has 10 aromatic rings. The minimum atomic E-state index is 0.906. The smallest absolute Gasteiger partial charge is 0.135 e.